The molecule has 1 aromatic rings. The van der Waals surface area contributed by atoms with Gasteiger partial charge in [-0.15, -0.1) is 0 Å². The third kappa shape index (κ3) is 3.43. The zero-order valence-corrected chi connectivity index (χ0v) is 14.1. The molecule has 0 heterocycles. The minimum Gasteiger partial charge on any atom is -0.285 e. The lowest BCUT2D eigenvalue weighted by molar-refractivity contribution is 0.283. The molecule has 3 nitrogen and oxygen atoms in total. The highest BCUT2D eigenvalue weighted by Gasteiger charge is 2.47. The predicted molar refractivity (Wildman–Crippen MR) is 92.8 cm³/mol. The highest BCUT2D eigenvalue weighted by molar-refractivity contribution is 7.87. The van der Waals surface area contributed by atoms with E-state index in [0.29, 0.717) is 6.42 Å². The zero-order chi connectivity index (χ0) is 16.3. The maximum absolute atomic E-state index is 12.1. The molecular weight excluding hydrogens is 308 g/mol. The van der Waals surface area contributed by atoms with E-state index in [9.17, 15) is 13.0 Å². The number of benzene rings is 1. The quantitative estimate of drug-likeness (QED) is 0.835. The second-order valence-electron chi connectivity index (χ2n) is 6.74. The second-order valence-corrected chi connectivity index (χ2v) is 8.45. The molecule has 0 radical (unpaired) electrons. The number of hydrogen-bond donors (Lipinski definition) is 1. The van der Waals surface area contributed by atoms with Gasteiger partial charge in [0.05, 0.1) is 0 Å². The topological polar surface area (TPSA) is 54.4 Å². The van der Waals surface area contributed by atoms with Crippen molar-refractivity contribution in [3.8, 4) is 0 Å². The lowest BCUT2D eigenvalue weighted by Crippen LogP contribution is -2.45. The molecule has 0 amide bonds. The standard InChI is InChI=1S/C19H24O3S/c20-23(21,22)19(18-9-5-2-6-10-18)13-11-17(12-14-19)15-16-7-3-1-4-8-16/h1,3-4,7-8,11-13,18H,2,5-6,9-10,14-15H2,(H,20,21,22). The summed E-state index contributed by atoms with van der Waals surface area (Å²) in [5.41, 5.74) is 2.33. The van der Waals surface area contributed by atoms with Crippen molar-refractivity contribution in [1.29, 1.82) is 0 Å². The van der Waals surface area contributed by atoms with Crippen LogP contribution in [-0.2, 0) is 16.5 Å². The van der Waals surface area contributed by atoms with Crippen molar-refractivity contribution in [1.82, 2.24) is 0 Å². The van der Waals surface area contributed by atoms with Gasteiger partial charge in [-0.25, -0.2) is 0 Å². The Labute approximate surface area is 138 Å². The van der Waals surface area contributed by atoms with Gasteiger partial charge in [0, 0.05) is 0 Å². The van der Waals surface area contributed by atoms with Gasteiger partial charge in [0.1, 0.15) is 4.75 Å². The smallest absolute Gasteiger partial charge is 0.274 e. The second kappa shape index (κ2) is 6.62. The van der Waals surface area contributed by atoms with Crippen LogP contribution in [-0.4, -0.2) is 17.7 Å². The lowest BCUT2D eigenvalue weighted by atomic mass is 9.75. The highest BCUT2D eigenvalue weighted by atomic mass is 32.2. The van der Waals surface area contributed by atoms with E-state index in [-0.39, 0.29) is 5.92 Å². The van der Waals surface area contributed by atoms with Gasteiger partial charge in [0.2, 0.25) is 0 Å². The van der Waals surface area contributed by atoms with Gasteiger partial charge in [-0.2, -0.15) is 8.42 Å². The molecule has 2 aliphatic carbocycles. The molecular formula is C19H24O3S. The van der Waals surface area contributed by atoms with Gasteiger partial charge in [-0.05, 0) is 42.7 Å². The van der Waals surface area contributed by atoms with E-state index in [1.807, 2.05) is 30.4 Å². The van der Waals surface area contributed by atoms with E-state index in [1.165, 1.54) is 5.56 Å². The average molecular weight is 332 g/mol. The molecule has 1 atom stereocenters. The summed E-state index contributed by atoms with van der Waals surface area (Å²) in [5, 5.41) is 0. The molecule has 1 fully saturated rings. The summed E-state index contributed by atoms with van der Waals surface area (Å²) in [5.74, 6) is 0.0250. The fraction of sp³-hybridized carbons (Fsp3) is 0.474. The van der Waals surface area contributed by atoms with Crippen LogP contribution in [0.15, 0.2) is 54.1 Å². The van der Waals surface area contributed by atoms with E-state index in [1.54, 1.807) is 6.08 Å². The molecule has 0 aromatic heterocycles. The molecule has 0 spiro atoms. The lowest BCUT2D eigenvalue weighted by Gasteiger charge is -2.39. The van der Waals surface area contributed by atoms with E-state index < -0.39 is 14.9 Å². The maximum Gasteiger partial charge on any atom is 0.274 e. The summed E-state index contributed by atoms with van der Waals surface area (Å²) < 4.78 is 33.1. The van der Waals surface area contributed by atoms with E-state index in [4.69, 9.17) is 0 Å². The van der Waals surface area contributed by atoms with Crippen molar-refractivity contribution in [2.24, 2.45) is 5.92 Å². The molecule has 0 saturated heterocycles. The number of hydrogen-bond acceptors (Lipinski definition) is 2. The monoisotopic (exact) mass is 332 g/mol. The Kier molecular flexibility index (Phi) is 4.74. The zero-order valence-electron chi connectivity index (χ0n) is 13.3. The average Bonchev–Trinajstić information content (AvgIpc) is 2.56. The summed E-state index contributed by atoms with van der Waals surface area (Å²) in [7, 11) is -4.11. The predicted octanol–water partition coefficient (Wildman–Crippen LogP) is 4.32. The molecule has 0 aliphatic heterocycles. The van der Waals surface area contributed by atoms with Crippen LogP contribution in [0.2, 0.25) is 0 Å². The molecule has 3 rings (SSSR count). The van der Waals surface area contributed by atoms with Crippen molar-refractivity contribution in [3.05, 3.63) is 59.7 Å². The summed E-state index contributed by atoms with van der Waals surface area (Å²) in [6.45, 7) is 0. The van der Waals surface area contributed by atoms with Crippen molar-refractivity contribution in [3.63, 3.8) is 0 Å². The SMILES string of the molecule is O=S(=O)(O)C1(C2CCCCC2)C=CC(Cc2ccccc2)=CC1. The Morgan fingerprint density at radius 2 is 1.78 bits per heavy atom. The normalized spacial score (nSPS) is 26.0. The van der Waals surface area contributed by atoms with Crippen LogP contribution < -0.4 is 0 Å². The minimum atomic E-state index is -4.11. The number of rotatable bonds is 4. The van der Waals surface area contributed by atoms with E-state index in [0.717, 1.165) is 44.1 Å². The molecule has 1 saturated carbocycles. The highest BCUT2D eigenvalue weighted by Crippen LogP contribution is 2.43. The fourth-order valence-corrected chi connectivity index (χ4v) is 5.12. The molecule has 1 unspecified atom stereocenters. The van der Waals surface area contributed by atoms with Gasteiger partial charge in [-0.1, -0.05) is 67.8 Å². The summed E-state index contributed by atoms with van der Waals surface area (Å²) in [6, 6.07) is 10.1. The summed E-state index contributed by atoms with van der Waals surface area (Å²) in [4.78, 5) is 0. The van der Waals surface area contributed by atoms with Gasteiger partial charge in [-0.3, -0.25) is 4.55 Å². The van der Waals surface area contributed by atoms with Crippen molar-refractivity contribution >= 4 is 10.1 Å². The Morgan fingerprint density at radius 1 is 1.09 bits per heavy atom. The van der Waals surface area contributed by atoms with Crippen molar-refractivity contribution < 1.29 is 13.0 Å². The maximum atomic E-state index is 12.1. The number of allylic oxidation sites excluding steroid dienone is 3. The summed E-state index contributed by atoms with van der Waals surface area (Å²) >= 11 is 0. The largest absolute Gasteiger partial charge is 0.285 e. The first kappa shape index (κ1) is 16.5. The first-order valence-electron chi connectivity index (χ1n) is 8.40. The Bertz CT molecular complexity index is 697. The Hall–Kier alpha value is -1.39. The van der Waals surface area contributed by atoms with Crippen molar-refractivity contribution in [2.45, 2.75) is 49.7 Å². The van der Waals surface area contributed by atoms with E-state index >= 15 is 0 Å². The van der Waals surface area contributed by atoms with Crippen LogP contribution in [0, 0.1) is 5.92 Å². The third-order valence-electron chi connectivity index (χ3n) is 5.29. The van der Waals surface area contributed by atoms with Crippen molar-refractivity contribution in [2.75, 3.05) is 0 Å². The Morgan fingerprint density at radius 3 is 2.35 bits per heavy atom. The minimum absolute atomic E-state index is 0.0250. The van der Waals surface area contributed by atoms with Gasteiger partial charge in [0.25, 0.3) is 10.1 Å². The van der Waals surface area contributed by atoms with Crippen LogP contribution in [0.3, 0.4) is 0 Å². The molecule has 124 valence electrons. The van der Waals surface area contributed by atoms with Crippen LogP contribution in [0.1, 0.15) is 44.1 Å². The van der Waals surface area contributed by atoms with Gasteiger partial charge in [0.15, 0.2) is 0 Å². The van der Waals surface area contributed by atoms with Crippen LogP contribution >= 0.6 is 0 Å². The molecule has 1 aromatic carbocycles. The third-order valence-corrected chi connectivity index (χ3v) is 6.89. The molecule has 0 bridgehead atoms. The first-order chi connectivity index (χ1) is 11.0. The summed E-state index contributed by atoms with van der Waals surface area (Å²) in [6.07, 6.45) is 11.9. The molecule has 4 heteroatoms. The molecule has 1 N–H and O–H groups in total. The van der Waals surface area contributed by atoms with Crippen LogP contribution in [0.5, 0.6) is 0 Å². The first-order valence-corrected chi connectivity index (χ1v) is 9.84. The van der Waals surface area contributed by atoms with Gasteiger partial charge < -0.3 is 0 Å². The van der Waals surface area contributed by atoms with E-state index in [2.05, 4.69) is 12.1 Å². The molecule has 23 heavy (non-hydrogen) atoms. The van der Waals surface area contributed by atoms with Crippen LogP contribution in [0.4, 0.5) is 0 Å². The van der Waals surface area contributed by atoms with Gasteiger partial charge >= 0.3 is 0 Å². The molecule has 2 aliphatic rings. The fourth-order valence-electron chi connectivity index (χ4n) is 3.93. The Balaban J connectivity index is 1.81. The van der Waals surface area contributed by atoms with Crippen LogP contribution in [0.25, 0.3) is 0 Å².